The van der Waals surface area contributed by atoms with Gasteiger partial charge in [0.15, 0.2) is 0 Å². The fraction of sp³-hybridized carbons (Fsp3) is 0.538. The maximum absolute atomic E-state index is 9.09. The van der Waals surface area contributed by atoms with E-state index in [4.69, 9.17) is 5.11 Å². The van der Waals surface area contributed by atoms with E-state index in [2.05, 4.69) is 20.4 Å². The lowest BCUT2D eigenvalue weighted by molar-refractivity contribution is 0.267. The molecule has 0 fully saturated rings. The van der Waals surface area contributed by atoms with Crippen LogP contribution in [0.2, 0.25) is 0 Å². The van der Waals surface area contributed by atoms with Crippen molar-refractivity contribution in [3.8, 4) is 0 Å². The van der Waals surface area contributed by atoms with E-state index in [0.717, 1.165) is 30.0 Å². The van der Waals surface area contributed by atoms with Crippen molar-refractivity contribution in [2.24, 2.45) is 0 Å². The number of hydrogen-bond acceptors (Lipinski definition) is 4. The van der Waals surface area contributed by atoms with Gasteiger partial charge in [0, 0.05) is 29.9 Å². The Bertz CT molecular complexity index is 586. The summed E-state index contributed by atoms with van der Waals surface area (Å²) >= 11 is 0. The number of nitrogens with zero attached hydrogens (tertiary/aromatic N) is 3. The highest BCUT2D eigenvalue weighted by molar-refractivity contribution is 5.37. The first-order valence-electron chi connectivity index (χ1n) is 6.62. The molecule has 0 unspecified atom stereocenters. The fourth-order valence-electron chi connectivity index (χ4n) is 2.90. The first-order valence-corrected chi connectivity index (χ1v) is 6.62. The number of fused-ring (bicyclic) bond motifs is 1. The van der Waals surface area contributed by atoms with Crippen LogP contribution in [-0.4, -0.2) is 38.0 Å². The van der Waals surface area contributed by atoms with E-state index in [1.165, 1.54) is 11.3 Å². The zero-order valence-electron chi connectivity index (χ0n) is 11.3. The van der Waals surface area contributed by atoms with Crippen LogP contribution in [0.4, 0.5) is 0 Å². The Kier molecular flexibility index (Phi) is 3.12. The van der Waals surface area contributed by atoms with Gasteiger partial charge < -0.3 is 15.4 Å². The van der Waals surface area contributed by atoms with Crippen molar-refractivity contribution in [3.63, 3.8) is 0 Å². The molecule has 3 heterocycles. The zero-order valence-corrected chi connectivity index (χ0v) is 11.3. The Morgan fingerprint density at radius 2 is 2.32 bits per heavy atom. The molecule has 0 radical (unpaired) electrons. The van der Waals surface area contributed by atoms with E-state index >= 15 is 0 Å². The number of aromatic nitrogens is 4. The Labute approximate surface area is 111 Å². The van der Waals surface area contributed by atoms with Gasteiger partial charge in [-0.05, 0) is 13.8 Å². The van der Waals surface area contributed by atoms with Crippen LogP contribution >= 0.6 is 0 Å². The number of aliphatic hydroxyl groups excluding tert-OH is 1. The zero-order chi connectivity index (χ0) is 13.4. The summed E-state index contributed by atoms with van der Waals surface area (Å²) in [5.41, 5.74) is 5.55. The van der Waals surface area contributed by atoms with Gasteiger partial charge in [0.1, 0.15) is 0 Å². The molecular formula is C13H19N5O. The monoisotopic (exact) mass is 261 g/mol. The first kappa shape index (κ1) is 12.4. The molecule has 6 nitrogen and oxygen atoms in total. The first-order chi connectivity index (χ1) is 9.22. The van der Waals surface area contributed by atoms with Gasteiger partial charge in [-0.2, -0.15) is 5.10 Å². The quantitative estimate of drug-likeness (QED) is 0.749. The highest BCUT2D eigenvalue weighted by Crippen LogP contribution is 2.30. The van der Waals surface area contributed by atoms with Gasteiger partial charge in [0.05, 0.1) is 36.9 Å². The topological polar surface area (TPSA) is 78.8 Å². The molecular weight excluding hydrogens is 242 g/mol. The molecule has 1 aliphatic heterocycles. The maximum Gasteiger partial charge on any atom is 0.0926 e. The van der Waals surface area contributed by atoms with Crippen LogP contribution in [-0.2, 0) is 13.0 Å². The van der Waals surface area contributed by atoms with Crippen molar-refractivity contribution < 1.29 is 5.11 Å². The molecule has 2 aromatic heterocycles. The van der Waals surface area contributed by atoms with Crippen LogP contribution in [0.5, 0.6) is 0 Å². The number of aromatic amines is 1. The van der Waals surface area contributed by atoms with Gasteiger partial charge >= 0.3 is 0 Å². The molecule has 0 saturated heterocycles. The summed E-state index contributed by atoms with van der Waals surface area (Å²) < 4.78 is 1.87. The lowest BCUT2D eigenvalue weighted by atomic mass is 9.96. The number of nitrogens with one attached hydrogen (secondary N) is 2. The fourth-order valence-corrected chi connectivity index (χ4v) is 2.90. The number of H-pyrrole nitrogens is 1. The number of aryl methyl sites for hydroxylation is 1. The van der Waals surface area contributed by atoms with E-state index in [-0.39, 0.29) is 12.6 Å². The molecule has 2 aromatic rings. The third-order valence-electron chi connectivity index (χ3n) is 3.79. The molecule has 19 heavy (non-hydrogen) atoms. The second-order valence-electron chi connectivity index (χ2n) is 4.93. The van der Waals surface area contributed by atoms with Gasteiger partial charge in [-0.25, -0.2) is 4.98 Å². The highest BCUT2D eigenvalue weighted by atomic mass is 16.3. The number of hydrogen-bond donors (Lipinski definition) is 3. The molecule has 0 aromatic carbocycles. The van der Waals surface area contributed by atoms with Gasteiger partial charge in [0.2, 0.25) is 0 Å². The van der Waals surface area contributed by atoms with Gasteiger partial charge in [-0.3, -0.25) is 4.68 Å². The van der Waals surface area contributed by atoms with Crippen molar-refractivity contribution >= 4 is 0 Å². The Morgan fingerprint density at radius 1 is 1.47 bits per heavy atom. The largest absolute Gasteiger partial charge is 0.394 e. The van der Waals surface area contributed by atoms with Crippen LogP contribution in [0, 0.1) is 13.8 Å². The molecule has 0 amide bonds. The highest BCUT2D eigenvalue weighted by Gasteiger charge is 2.28. The maximum atomic E-state index is 9.09. The Balaban J connectivity index is 2.04. The third-order valence-corrected chi connectivity index (χ3v) is 3.79. The van der Waals surface area contributed by atoms with Gasteiger partial charge in [-0.1, -0.05) is 0 Å². The minimum atomic E-state index is 0.0995. The normalized spacial score (nSPS) is 18.6. The van der Waals surface area contributed by atoms with Crippen molar-refractivity contribution in [1.82, 2.24) is 25.1 Å². The van der Waals surface area contributed by atoms with Crippen LogP contribution in [0.1, 0.15) is 34.4 Å². The van der Waals surface area contributed by atoms with E-state index in [1.807, 2.05) is 18.5 Å². The second-order valence-corrected chi connectivity index (χ2v) is 4.93. The van der Waals surface area contributed by atoms with Crippen molar-refractivity contribution in [3.05, 3.63) is 34.7 Å². The SMILES string of the molecule is Cc1nn(CCO)c(C)c1[C@H]1NCCc2[nH]cnc21. The molecule has 102 valence electrons. The minimum Gasteiger partial charge on any atom is -0.394 e. The average Bonchev–Trinajstić information content (AvgIpc) is 2.96. The van der Waals surface area contributed by atoms with Crippen molar-refractivity contribution in [2.75, 3.05) is 13.2 Å². The Morgan fingerprint density at radius 3 is 3.11 bits per heavy atom. The number of rotatable bonds is 3. The number of imidazole rings is 1. The summed E-state index contributed by atoms with van der Waals surface area (Å²) in [5.74, 6) is 0. The smallest absolute Gasteiger partial charge is 0.0926 e. The summed E-state index contributed by atoms with van der Waals surface area (Å²) in [6.07, 6.45) is 2.74. The van der Waals surface area contributed by atoms with Crippen LogP contribution < -0.4 is 5.32 Å². The molecule has 0 saturated carbocycles. The van der Waals surface area contributed by atoms with Crippen molar-refractivity contribution in [1.29, 1.82) is 0 Å². The summed E-state index contributed by atoms with van der Waals surface area (Å²) in [6.45, 7) is 5.64. The molecule has 1 atom stereocenters. The molecule has 3 N–H and O–H groups in total. The van der Waals surface area contributed by atoms with E-state index < -0.39 is 0 Å². The summed E-state index contributed by atoms with van der Waals surface area (Å²) in [4.78, 5) is 7.66. The van der Waals surface area contributed by atoms with E-state index in [1.54, 1.807) is 6.33 Å². The predicted octanol–water partition coefficient (Wildman–Crippen LogP) is 0.450. The lowest BCUT2D eigenvalue weighted by Crippen LogP contribution is -2.31. The van der Waals surface area contributed by atoms with Crippen molar-refractivity contribution in [2.45, 2.75) is 32.9 Å². The molecule has 1 aliphatic rings. The molecule has 0 aliphatic carbocycles. The van der Waals surface area contributed by atoms with E-state index in [9.17, 15) is 0 Å². The van der Waals surface area contributed by atoms with E-state index in [0.29, 0.717) is 6.54 Å². The van der Waals surface area contributed by atoms with Crippen LogP contribution in [0.15, 0.2) is 6.33 Å². The predicted molar refractivity (Wildman–Crippen MR) is 70.9 cm³/mol. The number of aliphatic hydroxyl groups is 1. The lowest BCUT2D eigenvalue weighted by Gasteiger charge is -2.23. The molecule has 0 bridgehead atoms. The summed E-state index contributed by atoms with van der Waals surface area (Å²) in [6, 6.07) is 0.0995. The molecule has 0 spiro atoms. The van der Waals surface area contributed by atoms with Gasteiger partial charge in [-0.15, -0.1) is 0 Å². The standard InChI is InChI=1S/C13H19N5O/c1-8-11(9(2)18(17-8)5-6-19)13-12-10(3-4-14-13)15-7-16-12/h7,13-14,19H,3-6H2,1-2H3,(H,15,16)/t13-/m1/s1. The van der Waals surface area contributed by atoms with Gasteiger partial charge in [0.25, 0.3) is 0 Å². The summed E-state index contributed by atoms with van der Waals surface area (Å²) in [5, 5.41) is 17.1. The minimum absolute atomic E-state index is 0.0995. The van der Waals surface area contributed by atoms with Crippen LogP contribution in [0.25, 0.3) is 0 Å². The average molecular weight is 261 g/mol. The third kappa shape index (κ3) is 1.97. The van der Waals surface area contributed by atoms with Crippen LogP contribution in [0.3, 0.4) is 0 Å². The molecule has 6 heteroatoms. The molecule has 3 rings (SSSR count). The Hall–Kier alpha value is -1.66. The summed E-state index contributed by atoms with van der Waals surface area (Å²) in [7, 11) is 0. The second kappa shape index (κ2) is 4.79.